The second kappa shape index (κ2) is 10.4. The summed E-state index contributed by atoms with van der Waals surface area (Å²) < 4.78 is 5.57. The van der Waals surface area contributed by atoms with Gasteiger partial charge in [0, 0.05) is 29.8 Å². The maximum Gasteiger partial charge on any atom is 0.197 e. The SMILES string of the molecule is O=c1cc(-c2ccccc2)oc2cc(O)cc(O)c12.Oc1ccc(C=Cc2cc(O)cc(O)c2)cc1. The van der Waals surface area contributed by atoms with Crippen molar-refractivity contribution >= 4 is 23.1 Å². The number of phenols is 5. The summed E-state index contributed by atoms with van der Waals surface area (Å²) in [5, 5.41) is 46.9. The Labute approximate surface area is 205 Å². The summed E-state index contributed by atoms with van der Waals surface area (Å²) in [5.41, 5.74) is 2.19. The quantitative estimate of drug-likeness (QED) is 0.204. The Morgan fingerprint density at radius 3 is 1.86 bits per heavy atom. The first-order chi connectivity index (χ1) is 17.3. The van der Waals surface area contributed by atoms with Crippen LogP contribution in [0.3, 0.4) is 0 Å². The Balaban J connectivity index is 0.000000170. The Morgan fingerprint density at radius 2 is 1.19 bits per heavy atom. The van der Waals surface area contributed by atoms with Gasteiger partial charge in [-0.25, -0.2) is 0 Å². The van der Waals surface area contributed by atoms with E-state index in [1.165, 1.54) is 18.2 Å². The predicted octanol–water partition coefficient (Wildman–Crippen LogP) is 5.85. The minimum absolute atomic E-state index is 0.0235. The van der Waals surface area contributed by atoms with E-state index >= 15 is 0 Å². The third kappa shape index (κ3) is 5.84. The van der Waals surface area contributed by atoms with Gasteiger partial charge in [-0.1, -0.05) is 54.6 Å². The normalized spacial score (nSPS) is 10.8. The summed E-state index contributed by atoms with van der Waals surface area (Å²) in [6, 6.07) is 24.0. The number of rotatable bonds is 3. The van der Waals surface area contributed by atoms with Crippen LogP contribution >= 0.6 is 0 Å². The molecule has 5 rings (SSSR count). The van der Waals surface area contributed by atoms with Gasteiger partial charge in [0.2, 0.25) is 0 Å². The molecule has 7 heteroatoms. The number of benzene rings is 4. The van der Waals surface area contributed by atoms with Crippen molar-refractivity contribution in [1.29, 1.82) is 0 Å². The second-order valence-electron chi connectivity index (χ2n) is 7.89. The van der Waals surface area contributed by atoms with Crippen molar-refractivity contribution in [2.75, 3.05) is 0 Å². The summed E-state index contributed by atoms with van der Waals surface area (Å²) in [5.74, 6) is 0.215. The molecule has 4 aromatic carbocycles. The lowest BCUT2D eigenvalue weighted by Crippen LogP contribution is -2.00. The van der Waals surface area contributed by atoms with Crippen LogP contribution in [0, 0.1) is 0 Å². The van der Waals surface area contributed by atoms with Crippen LogP contribution in [0.5, 0.6) is 28.7 Å². The van der Waals surface area contributed by atoms with Crippen LogP contribution in [-0.4, -0.2) is 25.5 Å². The smallest absolute Gasteiger partial charge is 0.197 e. The molecule has 1 aromatic heterocycles. The Kier molecular flexibility index (Phi) is 6.92. The summed E-state index contributed by atoms with van der Waals surface area (Å²) in [4.78, 5) is 12.0. The Bertz CT molecular complexity index is 1560. The van der Waals surface area contributed by atoms with Crippen molar-refractivity contribution in [3.63, 3.8) is 0 Å². The molecule has 36 heavy (non-hydrogen) atoms. The van der Waals surface area contributed by atoms with E-state index in [1.54, 1.807) is 42.5 Å². The molecule has 0 amide bonds. The van der Waals surface area contributed by atoms with Crippen LogP contribution < -0.4 is 5.43 Å². The molecule has 0 radical (unpaired) electrons. The van der Waals surface area contributed by atoms with Crippen molar-refractivity contribution < 1.29 is 29.9 Å². The lowest BCUT2D eigenvalue weighted by molar-refractivity contribution is 0.450. The molecule has 0 bridgehead atoms. The van der Waals surface area contributed by atoms with Gasteiger partial charge in [0.1, 0.15) is 45.5 Å². The van der Waals surface area contributed by atoms with Gasteiger partial charge in [0.25, 0.3) is 0 Å². The van der Waals surface area contributed by atoms with E-state index in [2.05, 4.69) is 0 Å². The van der Waals surface area contributed by atoms with E-state index in [0.29, 0.717) is 11.3 Å². The fourth-order valence-electron chi connectivity index (χ4n) is 3.49. The van der Waals surface area contributed by atoms with E-state index in [4.69, 9.17) is 9.52 Å². The van der Waals surface area contributed by atoms with E-state index < -0.39 is 0 Å². The Morgan fingerprint density at radius 1 is 0.583 bits per heavy atom. The molecule has 0 saturated heterocycles. The highest BCUT2D eigenvalue weighted by atomic mass is 16.3. The monoisotopic (exact) mass is 482 g/mol. The average Bonchev–Trinajstić information content (AvgIpc) is 2.83. The number of fused-ring (bicyclic) bond motifs is 1. The van der Waals surface area contributed by atoms with Gasteiger partial charge >= 0.3 is 0 Å². The molecule has 0 saturated carbocycles. The summed E-state index contributed by atoms with van der Waals surface area (Å²) >= 11 is 0. The molecular weight excluding hydrogens is 460 g/mol. The molecule has 5 aromatic rings. The van der Waals surface area contributed by atoms with E-state index in [9.17, 15) is 25.2 Å². The van der Waals surface area contributed by atoms with Gasteiger partial charge in [-0.3, -0.25) is 4.79 Å². The standard InChI is InChI=1S/C15H10O4.C14H12O3/c16-10-6-11(17)15-12(18)8-13(19-14(15)7-10)9-4-2-1-3-5-9;15-12-5-3-10(4-6-12)1-2-11-7-13(16)9-14(17)8-11/h1-8,16-17H;1-9,15-17H. The predicted molar refractivity (Wildman–Crippen MR) is 138 cm³/mol. The van der Waals surface area contributed by atoms with Gasteiger partial charge in [0.15, 0.2) is 5.43 Å². The largest absolute Gasteiger partial charge is 0.508 e. The number of aromatic hydroxyl groups is 5. The zero-order valence-electron chi connectivity index (χ0n) is 18.9. The van der Waals surface area contributed by atoms with Gasteiger partial charge < -0.3 is 29.9 Å². The molecule has 0 aliphatic heterocycles. The third-order valence-electron chi connectivity index (χ3n) is 5.14. The second-order valence-corrected chi connectivity index (χ2v) is 7.89. The molecular formula is C29H22O7. The molecule has 0 aliphatic rings. The molecule has 5 N–H and O–H groups in total. The highest BCUT2D eigenvalue weighted by molar-refractivity contribution is 5.86. The van der Waals surface area contributed by atoms with Crippen LogP contribution in [0.25, 0.3) is 34.4 Å². The van der Waals surface area contributed by atoms with Crippen LogP contribution in [0.15, 0.2) is 100 Å². The minimum atomic E-state index is -0.349. The zero-order valence-corrected chi connectivity index (χ0v) is 18.9. The van der Waals surface area contributed by atoms with E-state index in [0.717, 1.165) is 17.2 Å². The Hall–Kier alpha value is -5.17. The number of phenolic OH excluding ortho intramolecular Hbond substituents is 5. The average molecular weight is 482 g/mol. The summed E-state index contributed by atoms with van der Waals surface area (Å²) in [7, 11) is 0. The molecule has 0 unspecified atom stereocenters. The van der Waals surface area contributed by atoms with Gasteiger partial charge in [0.05, 0.1) is 0 Å². The first-order valence-corrected chi connectivity index (χ1v) is 10.8. The molecule has 0 fully saturated rings. The van der Waals surface area contributed by atoms with E-state index in [1.807, 2.05) is 36.4 Å². The molecule has 7 nitrogen and oxygen atoms in total. The number of hydrogen-bond acceptors (Lipinski definition) is 7. The topological polar surface area (TPSA) is 131 Å². The highest BCUT2D eigenvalue weighted by Crippen LogP contribution is 2.30. The van der Waals surface area contributed by atoms with Crippen molar-refractivity contribution in [3.05, 3.63) is 112 Å². The maximum atomic E-state index is 12.0. The van der Waals surface area contributed by atoms with Gasteiger partial charge in [-0.15, -0.1) is 0 Å². The summed E-state index contributed by atoms with van der Waals surface area (Å²) in [6.07, 6.45) is 3.60. The first-order valence-electron chi connectivity index (χ1n) is 10.8. The third-order valence-corrected chi connectivity index (χ3v) is 5.14. The first kappa shape index (κ1) is 24.0. The van der Waals surface area contributed by atoms with Crippen LogP contribution in [0.1, 0.15) is 11.1 Å². The van der Waals surface area contributed by atoms with Crippen molar-refractivity contribution in [3.8, 4) is 40.1 Å². The fourth-order valence-corrected chi connectivity index (χ4v) is 3.49. The van der Waals surface area contributed by atoms with Gasteiger partial charge in [-0.2, -0.15) is 0 Å². The van der Waals surface area contributed by atoms with Gasteiger partial charge in [-0.05, 0) is 35.4 Å². The molecule has 0 aliphatic carbocycles. The van der Waals surface area contributed by atoms with Crippen LogP contribution in [-0.2, 0) is 0 Å². The highest BCUT2D eigenvalue weighted by Gasteiger charge is 2.11. The molecule has 180 valence electrons. The van der Waals surface area contributed by atoms with Crippen molar-refractivity contribution in [1.82, 2.24) is 0 Å². The van der Waals surface area contributed by atoms with E-state index in [-0.39, 0.29) is 45.1 Å². The van der Waals surface area contributed by atoms with Crippen LogP contribution in [0.4, 0.5) is 0 Å². The molecule has 0 spiro atoms. The summed E-state index contributed by atoms with van der Waals surface area (Å²) in [6.45, 7) is 0. The van der Waals surface area contributed by atoms with Crippen molar-refractivity contribution in [2.24, 2.45) is 0 Å². The minimum Gasteiger partial charge on any atom is -0.508 e. The maximum absolute atomic E-state index is 12.0. The fraction of sp³-hybridized carbons (Fsp3) is 0. The zero-order chi connectivity index (χ0) is 25.7. The lowest BCUT2D eigenvalue weighted by atomic mass is 10.1. The molecule has 1 heterocycles. The number of hydrogen-bond donors (Lipinski definition) is 5. The lowest BCUT2D eigenvalue weighted by Gasteiger charge is -2.04. The molecule has 0 atom stereocenters. The van der Waals surface area contributed by atoms with Crippen LogP contribution in [0.2, 0.25) is 0 Å². The van der Waals surface area contributed by atoms with Crippen molar-refractivity contribution in [2.45, 2.75) is 0 Å².